The van der Waals surface area contributed by atoms with Gasteiger partial charge in [0.15, 0.2) is 9.84 Å². The molecular formula is C15H22FNO2S. The van der Waals surface area contributed by atoms with Gasteiger partial charge in [-0.25, -0.2) is 12.8 Å². The highest BCUT2D eigenvalue weighted by molar-refractivity contribution is 7.91. The van der Waals surface area contributed by atoms with Crippen molar-refractivity contribution >= 4 is 9.84 Å². The van der Waals surface area contributed by atoms with Crippen molar-refractivity contribution in [2.24, 2.45) is 5.92 Å². The summed E-state index contributed by atoms with van der Waals surface area (Å²) in [5.41, 5.74) is 0.576. The molecule has 3 nitrogen and oxygen atoms in total. The van der Waals surface area contributed by atoms with E-state index in [0.717, 1.165) is 6.42 Å². The second kappa shape index (κ2) is 5.82. The minimum absolute atomic E-state index is 0.0852. The van der Waals surface area contributed by atoms with Crippen molar-refractivity contribution in [3.8, 4) is 0 Å². The van der Waals surface area contributed by atoms with Gasteiger partial charge in [0.05, 0.1) is 10.6 Å². The smallest absolute Gasteiger partial charge is 0.178 e. The van der Waals surface area contributed by atoms with Gasteiger partial charge < -0.3 is 5.32 Å². The molecule has 1 aliphatic rings. The first-order chi connectivity index (χ1) is 9.29. The van der Waals surface area contributed by atoms with E-state index in [1.807, 2.05) is 0 Å². The van der Waals surface area contributed by atoms with Gasteiger partial charge in [0, 0.05) is 12.1 Å². The molecule has 0 saturated heterocycles. The lowest BCUT2D eigenvalue weighted by Gasteiger charge is -2.29. The van der Waals surface area contributed by atoms with Gasteiger partial charge in [-0.05, 0) is 49.4 Å². The van der Waals surface area contributed by atoms with Gasteiger partial charge in [-0.15, -0.1) is 0 Å². The monoisotopic (exact) mass is 299 g/mol. The highest BCUT2D eigenvalue weighted by atomic mass is 32.2. The molecule has 2 rings (SSSR count). The van der Waals surface area contributed by atoms with Crippen molar-refractivity contribution in [1.82, 2.24) is 5.32 Å². The van der Waals surface area contributed by atoms with Gasteiger partial charge in [0.2, 0.25) is 0 Å². The first-order valence-electron chi connectivity index (χ1n) is 7.08. The van der Waals surface area contributed by atoms with E-state index in [4.69, 9.17) is 0 Å². The van der Waals surface area contributed by atoms with Crippen LogP contribution in [0.2, 0.25) is 0 Å². The number of hydrogen-bond acceptors (Lipinski definition) is 3. The van der Waals surface area contributed by atoms with Crippen LogP contribution in [0.25, 0.3) is 0 Å². The second-order valence-corrected chi connectivity index (χ2v) is 8.12. The number of benzene rings is 1. The van der Waals surface area contributed by atoms with Gasteiger partial charge in [-0.1, -0.05) is 13.8 Å². The molecule has 2 unspecified atom stereocenters. The summed E-state index contributed by atoms with van der Waals surface area (Å²) >= 11 is 0. The Balaban J connectivity index is 2.28. The van der Waals surface area contributed by atoms with Crippen molar-refractivity contribution in [2.45, 2.75) is 50.6 Å². The molecule has 1 aromatic rings. The maximum atomic E-state index is 13.4. The maximum Gasteiger partial charge on any atom is 0.178 e. The Bertz CT molecular complexity index is 584. The summed E-state index contributed by atoms with van der Waals surface area (Å²) < 4.78 is 37.5. The Morgan fingerprint density at radius 2 is 2.05 bits per heavy atom. The zero-order chi connectivity index (χ0) is 14.9. The lowest BCUT2D eigenvalue weighted by molar-refractivity contribution is 0.380. The van der Waals surface area contributed by atoms with Crippen LogP contribution in [-0.4, -0.2) is 20.2 Å². The number of nitrogens with one attached hydrogen (secondary N) is 1. The SMILES string of the molecule is CC(C)CC(C)NC1CCS(=O)(=O)c2ccc(F)cc21. The summed E-state index contributed by atoms with van der Waals surface area (Å²) in [6, 6.07) is 4.15. The predicted molar refractivity (Wildman–Crippen MR) is 77.9 cm³/mol. The van der Waals surface area contributed by atoms with E-state index in [1.165, 1.54) is 18.2 Å². The molecule has 0 amide bonds. The maximum absolute atomic E-state index is 13.4. The van der Waals surface area contributed by atoms with Crippen molar-refractivity contribution in [2.75, 3.05) is 5.75 Å². The first-order valence-corrected chi connectivity index (χ1v) is 8.73. The molecule has 0 aromatic heterocycles. The average Bonchev–Trinajstić information content (AvgIpc) is 2.31. The van der Waals surface area contributed by atoms with E-state index >= 15 is 0 Å². The molecule has 0 spiro atoms. The Morgan fingerprint density at radius 1 is 1.35 bits per heavy atom. The average molecular weight is 299 g/mol. The fourth-order valence-corrected chi connectivity index (χ4v) is 4.51. The molecule has 0 bridgehead atoms. The molecule has 1 N–H and O–H groups in total. The Labute approximate surface area is 120 Å². The topological polar surface area (TPSA) is 46.2 Å². The van der Waals surface area contributed by atoms with Crippen molar-refractivity contribution in [3.63, 3.8) is 0 Å². The van der Waals surface area contributed by atoms with Crippen LogP contribution in [0, 0.1) is 11.7 Å². The molecule has 2 atom stereocenters. The summed E-state index contributed by atoms with van der Waals surface area (Å²) in [6.07, 6.45) is 1.51. The van der Waals surface area contributed by atoms with E-state index < -0.39 is 9.84 Å². The van der Waals surface area contributed by atoms with Crippen molar-refractivity contribution in [3.05, 3.63) is 29.6 Å². The third-order valence-electron chi connectivity index (χ3n) is 3.67. The Hall–Kier alpha value is -0.940. The predicted octanol–water partition coefficient (Wildman–Crippen LogP) is 3.07. The van der Waals surface area contributed by atoms with Crippen LogP contribution in [0.1, 0.15) is 45.2 Å². The largest absolute Gasteiger partial charge is 0.307 e. The van der Waals surface area contributed by atoms with E-state index in [2.05, 4.69) is 26.1 Å². The molecule has 112 valence electrons. The molecular weight excluding hydrogens is 277 g/mol. The number of hydrogen-bond donors (Lipinski definition) is 1. The van der Waals surface area contributed by atoms with E-state index in [9.17, 15) is 12.8 Å². The fraction of sp³-hybridized carbons (Fsp3) is 0.600. The van der Waals surface area contributed by atoms with Crippen LogP contribution in [0.3, 0.4) is 0 Å². The van der Waals surface area contributed by atoms with E-state index in [0.29, 0.717) is 17.9 Å². The normalized spacial score (nSPS) is 22.6. The van der Waals surface area contributed by atoms with Crippen LogP contribution >= 0.6 is 0 Å². The molecule has 0 fully saturated rings. The van der Waals surface area contributed by atoms with Gasteiger partial charge in [0.1, 0.15) is 5.82 Å². The summed E-state index contributed by atoms with van der Waals surface area (Å²) in [6.45, 7) is 6.39. The van der Waals surface area contributed by atoms with Crippen LogP contribution < -0.4 is 5.32 Å². The summed E-state index contributed by atoms with van der Waals surface area (Å²) in [5.74, 6) is 0.304. The van der Waals surface area contributed by atoms with Crippen LogP contribution in [0.4, 0.5) is 4.39 Å². The molecule has 0 aliphatic carbocycles. The van der Waals surface area contributed by atoms with Crippen LogP contribution in [0.15, 0.2) is 23.1 Å². The minimum Gasteiger partial charge on any atom is -0.307 e. The summed E-state index contributed by atoms with van der Waals surface area (Å²) in [4.78, 5) is 0.277. The molecule has 1 heterocycles. The van der Waals surface area contributed by atoms with E-state index in [1.54, 1.807) is 0 Å². The molecule has 20 heavy (non-hydrogen) atoms. The zero-order valence-corrected chi connectivity index (χ0v) is 13.0. The molecule has 1 aliphatic heterocycles. The fourth-order valence-electron chi connectivity index (χ4n) is 2.91. The third kappa shape index (κ3) is 3.38. The van der Waals surface area contributed by atoms with Gasteiger partial charge in [-0.2, -0.15) is 0 Å². The molecule has 0 radical (unpaired) electrons. The highest BCUT2D eigenvalue weighted by Gasteiger charge is 2.31. The zero-order valence-electron chi connectivity index (χ0n) is 12.2. The number of rotatable bonds is 4. The van der Waals surface area contributed by atoms with Crippen molar-refractivity contribution < 1.29 is 12.8 Å². The quantitative estimate of drug-likeness (QED) is 0.869. The first kappa shape index (κ1) is 15.4. The number of fused-ring (bicyclic) bond motifs is 1. The second-order valence-electron chi connectivity index (χ2n) is 6.04. The van der Waals surface area contributed by atoms with Gasteiger partial charge in [0.25, 0.3) is 0 Å². The third-order valence-corrected chi connectivity index (χ3v) is 5.48. The Morgan fingerprint density at radius 3 is 2.70 bits per heavy atom. The van der Waals surface area contributed by atoms with Gasteiger partial charge >= 0.3 is 0 Å². The lowest BCUT2D eigenvalue weighted by Crippen LogP contribution is -2.36. The van der Waals surface area contributed by atoms with Crippen LogP contribution in [0.5, 0.6) is 0 Å². The molecule has 1 aromatic carbocycles. The number of sulfone groups is 1. The lowest BCUT2D eigenvalue weighted by atomic mass is 9.99. The molecule has 0 saturated carbocycles. The van der Waals surface area contributed by atoms with Crippen molar-refractivity contribution in [1.29, 1.82) is 0 Å². The Kier molecular flexibility index (Phi) is 4.49. The van der Waals surface area contributed by atoms with E-state index in [-0.39, 0.29) is 28.5 Å². The summed E-state index contributed by atoms with van der Waals surface area (Å²) in [7, 11) is -3.26. The standard InChI is InChI=1S/C15H22FNO2S/c1-10(2)8-11(3)17-14-6-7-20(18,19)15-5-4-12(16)9-13(14)15/h4-5,9-11,14,17H,6-8H2,1-3H3. The van der Waals surface area contributed by atoms with Crippen LogP contribution in [-0.2, 0) is 9.84 Å². The molecule has 5 heteroatoms. The number of halogens is 1. The van der Waals surface area contributed by atoms with Gasteiger partial charge in [-0.3, -0.25) is 0 Å². The highest BCUT2D eigenvalue weighted by Crippen LogP contribution is 2.33. The minimum atomic E-state index is -3.26. The summed E-state index contributed by atoms with van der Waals surface area (Å²) in [5, 5.41) is 3.44.